The number of sulfonamides is 1. The molecule has 0 aliphatic rings. The van der Waals surface area contributed by atoms with E-state index in [1.165, 1.54) is 16.4 Å². The van der Waals surface area contributed by atoms with Crippen molar-refractivity contribution < 1.29 is 22.7 Å². The second-order valence-corrected chi connectivity index (χ2v) is 8.68. The van der Waals surface area contributed by atoms with Crippen LogP contribution in [0.3, 0.4) is 0 Å². The van der Waals surface area contributed by atoms with Gasteiger partial charge in [0.15, 0.2) is 6.61 Å². The minimum atomic E-state index is -3.68. The van der Waals surface area contributed by atoms with Crippen molar-refractivity contribution in [2.45, 2.75) is 52.5 Å². The number of benzene rings is 1. The van der Waals surface area contributed by atoms with Crippen LogP contribution in [0.15, 0.2) is 23.1 Å². The number of ether oxygens (including phenoxy) is 1. The van der Waals surface area contributed by atoms with Crippen LogP contribution in [0.5, 0.6) is 0 Å². The van der Waals surface area contributed by atoms with E-state index < -0.39 is 28.5 Å². The van der Waals surface area contributed by atoms with Crippen LogP contribution < -0.4 is 5.32 Å². The van der Waals surface area contributed by atoms with Gasteiger partial charge in [0.25, 0.3) is 5.91 Å². The van der Waals surface area contributed by atoms with Crippen LogP contribution in [0.2, 0.25) is 0 Å². The maximum atomic E-state index is 12.6. The minimum Gasteiger partial charge on any atom is -0.452 e. The molecule has 0 bridgehead atoms. The Labute approximate surface area is 162 Å². The lowest BCUT2D eigenvalue weighted by molar-refractivity contribution is -0.125. The molecule has 1 N–H and O–H groups in total. The number of nitrogens with one attached hydrogen (secondary N) is 1. The first-order valence-corrected chi connectivity index (χ1v) is 10.6. The van der Waals surface area contributed by atoms with E-state index in [2.05, 4.69) is 5.32 Å². The highest BCUT2D eigenvalue weighted by Crippen LogP contribution is 2.20. The summed E-state index contributed by atoms with van der Waals surface area (Å²) in [5, 5.41) is 2.75. The van der Waals surface area contributed by atoms with Crippen molar-refractivity contribution in [2.24, 2.45) is 5.92 Å². The van der Waals surface area contributed by atoms with Crippen molar-refractivity contribution in [2.75, 3.05) is 19.7 Å². The molecule has 0 radical (unpaired) electrons. The third-order valence-corrected chi connectivity index (χ3v) is 6.54. The summed E-state index contributed by atoms with van der Waals surface area (Å²) in [7, 11) is -3.68. The van der Waals surface area contributed by atoms with E-state index >= 15 is 0 Å². The van der Waals surface area contributed by atoms with E-state index in [0.29, 0.717) is 18.7 Å². The summed E-state index contributed by atoms with van der Waals surface area (Å²) in [5.74, 6) is -0.862. The zero-order valence-electron chi connectivity index (χ0n) is 16.9. The molecule has 152 valence electrons. The molecule has 1 atom stereocenters. The van der Waals surface area contributed by atoms with Gasteiger partial charge in [0.2, 0.25) is 10.0 Å². The number of rotatable bonds is 9. The van der Waals surface area contributed by atoms with Crippen LogP contribution in [-0.4, -0.2) is 50.3 Å². The largest absolute Gasteiger partial charge is 0.452 e. The van der Waals surface area contributed by atoms with Gasteiger partial charge in [-0.05, 0) is 37.5 Å². The summed E-state index contributed by atoms with van der Waals surface area (Å²) in [6.07, 6.45) is 0. The first kappa shape index (κ1) is 23.1. The molecule has 1 aromatic carbocycles. The first-order chi connectivity index (χ1) is 12.5. The zero-order valence-corrected chi connectivity index (χ0v) is 17.7. The predicted molar refractivity (Wildman–Crippen MR) is 104 cm³/mol. The molecule has 0 fully saturated rings. The van der Waals surface area contributed by atoms with Gasteiger partial charge in [0.05, 0.1) is 10.5 Å². The molecule has 0 saturated heterocycles. The van der Waals surface area contributed by atoms with Gasteiger partial charge >= 0.3 is 5.97 Å². The zero-order chi connectivity index (χ0) is 20.8. The fraction of sp³-hybridized carbons (Fsp3) is 0.579. The molecular formula is C19H30N2O5S. The van der Waals surface area contributed by atoms with Gasteiger partial charge in [-0.1, -0.05) is 33.8 Å². The average molecular weight is 399 g/mol. The van der Waals surface area contributed by atoms with Crippen LogP contribution in [0.4, 0.5) is 0 Å². The second-order valence-electron chi connectivity index (χ2n) is 6.74. The Balaban J connectivity index is 2.94. The molecule has 8 heteroatoms. The molecule has 1 amide bonds. The third-order valence-electron chi connectivity index (χ3n) is 4.50. The summed E-state index contributed by atoms with van der Waals surface area (Å²) in [4.78, 5) is 24.3. The SMILES string of the molecule is CCN(CC)S(=O)(=O)c1ccc(C)c(C(=O)OCC(=O)N[C@@H](C)C(C)C)c1. The Morgan fingerprint density at radius 1 is 1.15 bits per heavy atom. The van der Waals surface area contributed by atoms with Crippen molar-refractivity contribution in [1.82, 2.24) is 9.62 Å². The molecule has 0 aliphatic carbocycles. The molecule has 0 spiro atoms. The Hall–Kier alpha value is -1.93. The molecule has 1 aromatic rings. The van der Waals surface area contributed by atoms with Crippen LogP contribution in [0.1, 0.15) is 50.5 Å². The molecule has 0 saturated carbocycles. The third kappa shape index (κ3) is 6.04. The lowest BCUT2D eigenvalue weighted by Gasteiger charge is -2.19. The Morgan fingerprint density at radius 3 is 2.26 bits per heavy atom. The number of hydrogen-bond donors (Lipinski definition) is 1. The summed E-state index contributed by atoms with van der Waals surface area (Å²) in [5.41, 5.74) is 0.711. The maximum absolute atomic E-state index is 12.6. The highest BCUT2D eigenvalue weighted by molar-refractivity contribution is 7.89. The highest BCUT2D eigenvalue weighted by Gasteiger charge is 2.24. The maximum Gasteiger partial charge on any atom is 0.338 e. The Morgan fingerprint density at radius 2 is 1.74 bits per heavy atom. The van der Waals surface area contributed by atoms with E-state index in [4.69, 9.17) is 4.74 Å². The van der Waals surface area contributed by atoms with Crippen molar-refractivity contribution in [1.29, 1.82) is 0 Å². The number of aryl methyl sites for hydroxylation is 1. The van der Waals surface area contributed by atoms with E-state index in [9.17, 15) is 18.0 Å². The standard InChI is InChI=1S/C19H30N2O5S/c1-7-21(8-2)27(24,25)16-10-9-14(5)17(11-16)19(23)26-12-18(22)20-15(6)13(3)4/h9-11,13,15H,7-8,12H2,1-6H3,(H,20,22)/t15-/m0/s1. The van der Waals surface area contributed by atoms with Crippen LogP contribution in [0.25, 0.3) is 0 Å². The lowest BCUT2D eigenvalue weighted by atomic mass is 10.1. The number of esters is 1. The summed E-state index contributed by atoms with van der Waals surface area (Å²) >= 11 is 0. The molecule has 0 heterocycles. The topological polar surface area (TPSA) is 92.8 Å². The quantitative estimate of drug-likeness (QED) is 0.645. The fourth-order valence-corrected chi connectivity index (χ4v) is 3.85. The van der Waals surface area contributed by atoms with E-state index in [1.54, 1.807) is 26.8 Å². The van der Waals surface area contributed by atoms with Gasteiger partial charge in [-0.25, -0.2) is 13.2 Å². The van der Waals surface area contributed by atoms with Crippen LogP contribution in [-0.2, 0) is 19.6 Å². The second kappa shape index (κ2) is 9.85. The first-order valence-electron chi connectivity index (χ1n) is 9.11. The van der Waals surface area contributed by atoms with Crippen molar-refractivity contribution in [3.8, 4) is 0 Å². The van der Waals surface area contributed by atoms with Gasteiger partial charge in [-0.15, -0.1) is 0 Å². The average Bonchev–Trinajstić information content (AvgIpc) is 2.60. The molecule has 27 heavy (non-hydrogen) atoms. The number of amides is 1. The molecular weight excluding hydrogens is 368 g/mol. The van der Waals surface area contributed by atoms with Crippen molar-refractivity contribution >= 4 is 21.9 Å². The molecule has 7 nitrogen and oxygen atoms in total. The smallest absolute Gasteiger partial charge is 0.338 e. The fourth-order valence-electron chi connectivity index (χ4n) is 2.37. The molecule has 1 rings (SSSR count). The van der Waals surface area contributed by atoms with Gasteiger partial charge in [0, 0.05) is 19.1 Å². The number of hydrogen-bond acceptors (Lipinski definition) is 5. The van der Waals surface area contributed by atoms with Gasteiger partial charge in [-0.3, -0.25) is 4.79 Å². The van der Waals surface area contributed by atoms with Gasteiger partial charge in [-0.2, -0.15) is 4.31 Å². The monoisotopic (exact) mass is 398 g/mol. The normalized spacial score (nSPS) is 12.9. The minimum absolute atomic E-state index is 0.0293. The van der Waals surface area contributed by atoms with Crippen LogP contribution >= 0.6 is 0 Å². The van der Waals surface area contributed by atoms with Gasteiger partial charge in [0.1, 0.15) is 0 Å². The summed E-state index contributed by atoms with van der Waals surface area (Å²) < 4.78 is 31.7. The number of carbonyl (C=O) groups is 2. The van der Waals surface area contributed by atoms with E-state index in [0.717, 1.165) is 0 Å². The van der Waals surface area contributed by atoms with Gasteiger partial charge < -0.3 is 10.1 Å². The van der Waals surface area contributed by atoms with E-state index in [-0.39, 0.29) is 22.4 Å². The van der Waals surface area contributed by atoms with Crippen molar-refractivity contribution in [3.63, 3.8) is 0 Å². The summed E-state index contributed by atoms with van der Waals surface area (Å²) in [6, 6.07) is 4.30. The lowest BCUT2D eigenvalue weighted by Crippen LogP contribution is -2.38. The number of nitrogens with zero attached hydrogens (tertiary/aromatic N) is 1. The number of carbonyl (C=O) groups excluding carboxylic acids is 2. The highest BCUT2D eigenvalue weighted by atomic mass is 32.2. The predicted octanol–water partition coefficient (Wildman–Crippen LogP) is 2.34. The van der Waals surface area contributed by atoms with E-state index in [1.807, 2.05) is 20.8 Å². The Kier molecular flexibility index (Phi) is 8.43. The molecule has 0 unspecified atom stereocenters. The van der Waals surface area contributed by atoms with Crippen molar-refractivity contribution in [3.05, 3.63) is 29.3 Å². The molecule has 0 aliphatic heterocycles. The van der Waals surface area contributed by atoms with Crippen LogP contribution in [0, 0.1) is 12.8 Å². The Bertz CT molecular complexity index is 770. The molecule has 0 aromatic heterocycles. The summed E-state index contributed by atoms with van der Waals surface area (Å²) in [6.45, 7) is 11.3.